The van der Waals surface area contributed by atoms with Gasteiger partial charge in [0.25, 0.3) is 0 Å². The summed E-state index contributed by atoms with van der Waals surface area (Å²) in [6, 6.07) is 5.98. The summed E-state index contributed by atoms with van der Waals surface area (Å²) in [5.41, 5.74) is 8.94. The molecule has 106 valence electrons. The van der Waals surface area contributed by atoms with Crippen LogP contribution >= 0.6 is 0 Å². The standard InChI is InChI=1S/C14H23N3O2/c15-13-11-12(16(7-9-18)8-10-19)3-4-14(13)17-5-1-2-6-17/h3-4,11,18-19H,1-2,5-10,15H2. The van der Waals surface area contributed by atoms with Crippen molar-refractivity contribution < 1.29 is 10.2 Å². The van der Waals surface area contributed by atoms with Crippen molar-refractivity contribution in [1.29, 1.82) is 0 Å². The predicted molar refractivity (Wildman–Crippen MR) is 78.7 cm³/mol. The van der Waals surface area contributed by atoms with E-state index in [-0.39, 0.29) is 13.2 Å². The summed E-state index contributed by atoms with van der Waals surface area (Å²) >= 11 is 0. The highest BCUT2D eigenvalue weighted by atomic mass is 16.3. The summed E-state index contributed by atoms with van der Waals surface area (Å²) in [5, 5.41) is 18.1. The Morgan fingerprint density at radius 2 is 1.74 bits per heavy atom. The molecule has 0 amide bonds. The number of aliphatic hydroxyl groups excluding tert-OH is 2. The highest BCUT2D eigenvalue weighted by molar-refractivity contribution is 5.73. The maximum Gasteiger partial charge on any atom is 0.0606 e. The van der Waals surface area contributed by atoms with E-state index < -0.39 is 0 Å². The molecule has 1 fully saturated rings. The number of nitrogens with zero attached hydrogens (tertiary/aromatic N) is 2. The van der Waals surface area contributed by atoms with Crippen LogP contribution in [0.1, 0.15) is 12.8 Å². The maximum atomic E-state index is 9.06. The molecule has 1 aliphatic rings. The van der Waals surface area contributed by atoms with E-state index in [0.717, 1.165) is 30.2 Å². The third kappa shape index (κ3) is 3.30. The number of hydrogen-bond acceptors (Lipinski definition) is 5. The molecule has 1 aromatic carbocycles. The average molecular weight is 265 g/mol. The van der Waals surface area contributed by atoms with E-state index in [2.05, 4.69) is 4.90 Å². The second-order valence-electron chi connectivity index (χ2n) is 4.87. The molecule has 0 unspecified atom stereocenters. The average Bonchev–Trinajstić information content (AvgIpc) is 2.92. The van der Waals surface area contributed by atoms with Crippen molar-refractivity contribution in [3.8, 4) is 0 Å². The predicted octanol–water partition coefficient (Wildman–Crippen LogP) is 0.660. The van der Waals surface area contributed by atoms with Gasteiger partial charge in [-0.3, -0.25) is 0 Å². The van der Waals surface area contributed by atoms with Crippen LogP contribution in [0.15, 0.2) is 18.2 Å². The third-order valence-corrected chi connectivity index (χ3v) is 3.56. The molecule has 1 aliphatic heterocycles. The van der Waals surface area contributed by atoms with E-state index in [9.17, 15) is 0 Å². The van der Waals surface area contributed by atoms with Crippen LogP contribution < -0.4 is 15.5 Å². The first-order valence-corrected chi connectivity index (χ1v) is 6.87. The van der Waals surface area contributed by atoms with Crippen molar-refractivity contribution in [1.82, 2.24) is 0 Å². The van der Waals surface area contributed by atoms with E-state index in [4.69, 9.17) is 15.9 Å². The van der Waals surface area contributed by atoms with Crippen molar-refractivity contribution in [2.45, 2.75) is 12.8 Å². The summed E-state index contributed by atoms with van der Waals surface area (Å²) in [6.07, 6.45) is 2.45. The summed E-state index contributed by atoms with van der Waals surface area (Å²) in [4.78, 5) is 4.24. The molecule has 1 heterocycles. The second kappa shape index (κ2) is 6.63. The fourth-order valence-corrected chi connectivity index (χ4v) is 2.60. The van der Waals surface area contributed by atoms with Crippen LogP contribution in [-0.2, 0) is 0 Å². The van der Waals surface area contributed by atoms with Gasteiger partial charge in [0.1, 0.15) is 0 Å². The van der Waals surface area contributed by atoms with Gasteiger partial charge in [-0.1, -0.05) is 0 Å². The smallest absolute Gasteiger partial charge is 0.0606 e. The number of nitrogens with two attached hydrogens (primary N) is 1. The molecule has 0 atom stereocenters. The van der Waals surface area contributed by atoms with Gasteiger partial charge in [0.15, 0.2) is 0 Å². The number of rotatable bonds is 6. The SMILES string of the molecule is Nc1cc(N(CCO)CCO)ccc1N1CCCC1. The molecule has 5 nitrogen and oxygen atoms in total. The van der Waals surface area contributed by atoms with Crippen LogP contribution in [0.25, 0.3) is 0 Å². The first-order valence-electron chi connectivity index (χ1n) is 6.87. The topological polar surface area (TPSA) is 73.0 Å². The lowest BCUT2D eigenvalue weighted by Gasteiger charge is -2.25. The Balaban J connectivity index is 2.16. The Morgan fingerprint density at radius 1 is 1.11 bits per heavy atom. The Morgan fingerprint density at radius 3 is 2.26 bits per heavy atom. The first kappa shape index (κ1) is 14.0. The molecule has 4 N–H and O–H groups in total. The van der Waals surface area contributed by atoms with Gasteiger partial charge in [-0.2, -0.15) is 0 Å². The fourth-order valence-electron chi connectivity index (χ4n) is 2.60. The van der Waals surface area contributed by atoms with Gasteiger partial charge in [-0.15, -0.1) is 0 Å². The van der Waals surface area contributed by atoms with Gasteiger partial charge < -0.3 is 25.7 Å². The molecule has 2 rings (SSSR count). The minimum atomic E-state index is 0.0633. The largest absolute Gasteiger partial charge is 0.397 e. The molecule has 5 heteroatoms. The Labute approximate surface area is 114 Å². The fraction of sp³-hybridized carbons (Fsp3) is 0.571. The molecule has 19 heavy (non-hydrogen) atoms. The van der Waals surface area contributed by atoms with Crippen LogP contribution in [0.3, 0.4) is 0 Å². The van der Waals surface area contributed by atoms with Crippen LogP contribution in [0.5, 0.6) is 0 Å². The number of aliphatic hydroxyl groups is 2. The summed E-state index contributed by atoms with van der Waals surface area (Å²) in [5.74, 6) is 0. The second-order valence-corrected chi connectivity index (χ2v) is 4.87. The lowest BCUT2D eigenvalue weighted by atomic mass is 10.2. The summed E-state index contributed by atoms with van der Waals surface area (Å²) in [6.45, 7) is 3.27. The van der Waals surface area contributed by atoms with Gasteiger partial charge in [0.2, 0.25) is 0 Å². The zero-order chi connectivity index (χ0) is 13.7. The molecule has 0 radical (unpaired) electrons. The van der Waals surface area contributed by atoms with Crippen molar-refractivity contribution in [2.75, 3.05) is 54.9 Å². The number of hydrogen-bond donors (Lipinski definition) is 3. The first-order chi connectivity index (χ1) is 9.26. The Hall–Kier alpha value is -1.46. The Kier molecular flexibility index (Phi) is 4.87. The van der Waals surface area contributed by atoms with Crippen LogP contribution in [0.4, 0.5) is 17.1 Å². The lowest BCUT2D eigenvalue weighted by molar-refractivity contribution is 0.281. The molecule has 0 spiro atoms. The number of nitrogen functional groups attached to an aromatic ring is 1. The molecule has 0 aliphatic carbocycles. The third-order valence-electron chi connectivity index (χ3n) is 3.56. The number of benzene rings is 1. The van der Waals surface area contributed by atoms with Crippen molar-refractivity contribution >= 4 is 17.1 Å². The minimum Gasteiger partial charge on any atom is -0.397 e. The maximum absolute atomic E-state index is 9.06. The van der Waals surface area contributed by atoms with Crippen molar-refractivity contribution in [3.05, 3.63) is 18.2 Å². The van der Waals surface area contributed by atoms with Crippen molar-refractivity contribution in [2.24, 2.45) is 0 Å². The molecule has 1 saturated heterocycles. The number of anilines is 3. The van der Waals surface area contributed by atoms with Crippen LogP contribution in [0.2, 0.25) is 0 Å². The molecule has 1 aromatic rings. The zero-order valence-electron chi connectivity index (χ0n) is 11.3. The summed E-state index contributed by atoms with van der Waals surface area (Å²) in [7, 11) is 0. The van der Waals surface area contributed by atoms with E-state index in [0.29, 0.717) is 13.1 Å². The molecular formula is C14H23N3O2. The van der Waals surface area contributed by atoms with E-state index in [1.807, 2.05) is 23.1 Å². The highest BCUT2D eigenvalue weighted by Crippen LogP contribution is 2.30. The highest BCUT2D eigenvalue weighted by Gasteiger charge is 2.15. The van der Waals surface area contributed by atoms with Crippen molar-refractivity contribution in [3.63, 3.8) is 0 Å². The quantitative estimate of drug-likeness (QED) is 0.659. The van der Waals surface area contributed by atoms with Gasteiger partial charge in [-0.05, 0) is 31.0 Å². The summed E-state index contributed by atoms with van der Waals surface area (Å²) < 4.78 is 0. The van der Waals surface area contributed by atoms with Gasteiger partial charge in [-0.25, -0.2) is 0 Å². The lowest BCUT2D eigenvalue weighted by Crippen LogP contribution is -2.29. The monoisotopic (exact) mass is 265 g/mol. The molecule has 0 bridgehead atoms. The zero-order valence-corrected chi connectivity index (χ0v) is 11.3. The van der Waals surface area contributed by atoms with Gasteiger partial charge in [0, 0.05) is 31.9 Å². The van der Waals surface area contributed by atoms with E-state index >= 15 is 0 Å². The molecular weight excluding hydrogens is 242 g/mol. The van der Waals surface area contributed by atoms with Crippen LogP contribution in [-0.4, -0.2) is 49.6 Å². The van der Waals surface area contributed by atoms with E-state index in [1.165, 1.54) is 12.8 Å². The molecule has 0 aromatic heterocycles. The van der Waals surface area contributed by atoms with Gasteiger partial charge in [0.05, 0.1) is 24.6 Å². The van der Waals surface area contributed by atoms with E-state index in [1.54, 1.807) is 0 Å². The minimum absolute atomic E-state index is 0.0633. The van der Waals surface area contributed by atoms with Gasteiger partial charge >= 0.3 is 0 Å². The Bertz CT molecular complexity index is 400. The van der Waals surface area contributed by atoms with Crippen LogP contribution in [0, 0.1) is 0 Å². The molecule has 0 saturated carbocycles. The normalized spacial score (nSPS) is 14.9.